The molecule has 0 spiro atoms. The molecular weight excluding hydrogens is 226 g/mol. The summed E-state index contributed by atoms with van der Waals surface area (Å²) < 4.78 is 4.51. The third-order valence-corrected chi connectivity index (χ3v) is 2.53. The number of hydrogen-bond donors (Lipinski definition) is 4. The van der Waals surface area contributed by atoms with Crippen LogP contribution in [0.2, 0.25) is 0 Å². The first-order valence-corrected chi connectivity index (χ1v) is 5.01. The number of benzene rings is 1. The minimum Gasteiger partial charge on any atom is -0.504 e. The Balaban J connectivity index is 3.04. The van der Waals surface area contributed by atoms with Gasteiger partial charge in [0.05, 0.1) is 13.5 Å². The van der Waals surface area contributed by atoms with Gasteiger partial charge in [0.15, 0.2) is 11.5 Å². The first-order valence-electron chi connectivity index (χ1n) is 5.01. The maximum atomic E-state index is 11.1. The summed E-state index contributed by atoms with van der Waals surface area (Å²) in [5, 5.41) is 28.2. The topological polar surface area (TPSA) is 113 Å². The van der Waals surface area contributed by atoms with Gasteiger partial charge >= 0.3 is 5.97 Å². The number of esters is 1. The Labute approximate surface area is 98.3 Å². The Kier molecular flexibility index (Phi) is 4.17. The highest BCUT2D eigenvalue weighted by Gasteiger charge is 2.21. The number of nitrogens with two attached hydrogens (primary N) is 1. The van der Waals surface area contributed by atoms with Crippen LogP contribution in [0.5, 0.6) is 17.2 Å². The van der Waals surface area contributed by atoms with Crippen molar-refractivity contribution < 1.29 is 24.9 Å². The van der Waals surface area contributed by atoms with Crippen LogP contribution in [0.15, 0.2) is 12.1 Å². The summed E-state index contributed by atoms with van der Waals surface area (Å²) in [6.07, 6.45) is -0.00915. The lowest BCUT2D eigenvalue weighted by Crippen LogP contribution is -2.17. The molecule has 0 amide bonds. The molecule has 0 aliphatic rings. The van der Waals surface area contributed by atoms with Gasteiger partial charge in [0.1, 0.15) is 0 Å². The molecule has 0 saturated heterocycles. The maximum Gasteiger partial charge on any atom is 0.306 e. The third-order valence-electron chi connectivity index (χ3n) is 2.53. The standard InChI is InChI=1S/C11H15NO5/c1-17-9(14)4-6(5-12)7-2-3-8(13)11(16)10(7)15/h2-3,6,13,15-16H,4-5,12H2,1H3. The van der Waals surface area contributed by atoms with Gasteiger partial charge < -0.3 is 25.8 Å². The van der Waals surface area contributed by atoms with Crippen molar-refractivity contribution in [2.75, 3.05) is 13.7 Å². The van der Waals surface area contributed by atoms with Crippen molar-refractivity contribution in [3.05, 3.63) is 17.7 Å². The molecule has 0 bridgehead atoms. The van der Waals surface area contributed by atoms with Crippen LogP contribution in [0, 0.1) is 0 Å². The smallest absolute Gasteiger partial charge is 0.306 e. The molecule has 17 heavy (non-hydrogen) atoms. The minimum atomic E-state index is -0.620. The predicted octanol–water partition coefficient (Wildman–Crippen LogP) is 0.409. The molecule has 0 aromatic heterocycles. The highest BCUT2D eigenvalue weighted by molar-refractivity contribution is 5.71. The number of aromatic hydroxyl groups is 3. The fourth-order valence-corrected chi connectivity index (χ4v) is 1.52. The van der Waals surface area contributed by atoms with Crippen LogP contribution in [0.3, 0.4) is 0 Å². The zero-order chi connectivity index (χ0) is 13.0. The van der Waals surface area contributed by atoms with Gasteiger partial charge in [-0.15, -0.1) is 0 Å². The number of ether oxygens (including phenoxy) is 1. The van der Waals surface area contributed by atoms with Crippen LogP contribution >= 0.6 is 0 Å². The SMILES string of the molecule is COC(=O)CC(CN)c1ccc(O)c(O)c1O. The van der Waals surface area contributed by atoms with Crippen molar-refractivity contribution in [3.63, 3.8) is 0 Å². The Morgan fingerprint density at radius 2 is 2.00 bits per heavy atom. The maximum absolute atomic E-state index is 11.1. The summed E-state index contributed by atoms with van der Waals surface area (Å²) in [6, 6.07) is 2.63. The molecule has 6 heteroatoms. The molecule has 94 valence electrons. The normalized spacial score (nSPS) is 12.1. The number of phenols is 3. The Hall–Kier alpha value is -1.95. The van der Waals surface area contributed by atoms with E-state index < -0.39 is 29.1 Å². The van der Waals surface area contributed by atoms with Crippen molar-refractivity contribution in [1.82, 2.24) is 0 Å². The Morgan fingerprint density at radius 3 is 2.53 bits per heavy atom. The third kappa shape index (κ3) is 2.79. The molecule has 5 N–H and O–H groups in total. The molecule has 0 fully saturated rings. The summed E-state index contributed by atoms with van der Waals surface area (Å²) in [4.78, 5) is 11.1. The molecular formula is C11H15NO5. The molecule has 0 saturated carbocycles. The molecule has 6 nitrogen and oxygen atoms in total. The van der Waals surface area contributed by atoms with Gasteiger partial charge in [-0.2, -0.15) is 0 Å². The summed E-state index contributed by atoms with van der Waals surface area (Å²) in [7, 11) is 1.25. The van der Waals surface area contributed by atoms with E-state index in [-0.39, 0.29) is 13.0 Å². The molecule has 1 rings (SSSR count). The zero-order valence-corrected chi connectivity index (χ0v) is 9.38. The second kappa shape index (κ2) is 5.40. The molecule has 1 aromatic carbocycles. The number of rotatable bonds is 4. The molecule has 1 aromatic rings. The molecule has 1 unspecified atom stereocenters. The van der Waals surface area contributed by atoms with Crippen LogP contribution in [-0.2, 0) is 9.53 Å². The van der Waals surface area contributed by atoms with Gasteiger partial charge in [0, 0.05) is 11.5 Å². The van der Waals surface area contributed by atoms with E-state index in [1.807, 2.05) is 0 Å². The second-order valence-electron chi connectivity index (χ2n) is 3.58. The van der Waals surface area contributed by atoms with Gasteiger partial charge in [-0.1, -0.05) is 6.07 Å². The summed E-state index contributed by atoms with van der Waals surface area (Å²) in [5.41, 5.74) is 5.80. The van der Waals surface area contributed by atoms with E-state index in [4.69, 9.17) is 5.73 Å². The lowest BCUT2D eigenvalue weighted by Gasteiger charge is -2.16. The van der Waals surface area contributed by atoms with Crippen LogP contribution in [-0.4, -0.2) is 34.9 Å². The van der Waals surface area contributed by atoms with Crippen molar-refractivity contribution >= 4 is 5.97 Å². The van der Waals surface area contributed by atoms with Gasteiger partial charge in [-0.3, -0.25) is 4.79 Å². The van der Waals surface area contributed by atoms with E-state index >= 15 is 0 Å². The summed E-state index contributed by atoms with van der Waals surface area (Å²) >= 11 is 0. The number of carbonyl (C=O) groups is 1. The van der Waals surface area contributed by atoms with Gasteiger partial charge in [0.25, 0.3) is 0 Å². The van der Waals surface area contributed by atoms with Gasteiger partial charge in [-0.05, 0) is 12.6 Å². The number of carbonyl (C=O) groups excluding carboxylic acids is 1. The monoisotopic (exact) mass is 241 g/mol. The quantitative estimate of drug-likeness (QED) is 0.448. The average molecular weight is 241 g/mol. The van der Waals surface area contributed by atoms with Crippen molar-refractivity contribution in [2.24, 2.45) is 5.73 Å². The molecule has 1 atom stereocenters. The highest BCUT2D eigenvalue weighted by Crippen LogP contribution is 2.40. The zero-order valence-electron chi connectivity index (χ0n) is 9.38. The Morgan fingerprint density at radius 1 is 1.35 bits per heavy atom. The highest BCUT2D eigenvalue weighted by atomic mass is 16.5. The summed E-state index contributed by atoms with van der Waals surface area (Å²) in [6.45, 7) is 0.104. The Bertz CT molecular complexity index is 419. The number of methoxy groups -OCH3 is 1. The van der Waals surface area contributed by atoms with Crippen LogP contribution in [0.25, 0.3) is 0 Å². The van der Waals surface area contributed by atoms with E-state index in [2.05, 4.69) is 4.74 Å². The fraction of sp³-hybridized carbons (Fsp3) is 0.364. The van der Waals surface area contributed by atoms with Crippen LogP contribution < -0.4 is 5.73 Å². The predicted molar refractivity (Wildman–Crippen MR) is 59.9 cm³/mol. The van der Waals surface area contributed by atoms with E-state index in [0.717, 1.165) is 0 Å². The summed E-state index contributed by atoms with van der Waals surface area (Å²) in [5.74, 6) is -2.46. The molecule has 0 heterocycles. The largest absolute Gasteiger partial charge is 0.504 e. The molecule has 0 radical (unpaired) electrons. The first kappa shape index (κ1) is 13.1. The number of hydrogen-bond acceptors (Lipinski definition) is 6. The lowest BCUT2D eigenvalue weighted by atomic mass is 9.94. The molecule has 0 aliphatic heterocycles. The lowest BCUT2D eigenvalue weighted by molar-refractivity contribution is -0.141. The van der Waals surface area contributed by atoms with Crippen molar-refractivity contribution in [3.8, 4) is 17.2 Å². The van der Waals surface area contributed by atoms with Gasteiger partial charge in [0.2, 0.25) is 5.75 Å². The minimum absolute atomic E-state index is 0.00915. The fourth-order valence-electron chi connectivity index (χ4n) is 1.52. The van der Waals surface area contributed by atoms with E-state index in [1.54, 1.807) is 0 Å². The van der Waals surface area contributed by atoms with E-state index in [0.29, 0.717) is 5.56 Å². The van der Waals surface area contributed by atoms with Gasteiger partial charge in [-0.25, -0.2) is 0 Å². The van der Waals surface area contributed by atoms with Crippen molar-refractivity contribution in [2.45, 2.75) is 12.3 Å². The average Bonchev–Trinajstić information content (AvgIpc) is 2.33. The number of phenolic OH excluding ortho intramolecular Hbond substituents is 3. The van der Waals surface area contributed by atoms with Crippen LogP contribution in [0.4, 0.5) is 0 Å². The van der Waals surface area contributed by atoms with E-state index in [1.165, 1.54) is 19.2 Å². The van der Waals surface area contributed by atoms with Crippen molar-refractivity contribution in [1.29, 1.82) is 0 Å². The molecule has 0 aliphatic carbocycles. The van der Waals surface area contributed by atoms with Crippen LogP contribution in [0.1, 0.15) is 17.9 Å². The first-order chi connectivity index (χ1) is 8.01. The van der Waals surface area contributed by atoms with E-state index in [9.17, 15) is 20.1 Å². The second-order valence-corrected chi connectivity index (χ2v) is 3.58.